The number of carbonyl (C=O) groups is 1. The second-order valence-corrected chi connectivity index (χ2v) is 5.38. The third-order valence-corrected chi connectivity index (χ3v) is 3.52. The molecular weight excluding hydrogens is 290 g/mol. The van der Waals surface area contributed by atoms with E-state index in [4.69, 9.17) is 4.74 Å². The zero-order chi connectivity index (χ0) is 16.8. The maximum Gasteiger partial charge on any atom is 0.246 e. The molecule has 0 aliphatic carbocycles. The smallest absolute Gasteiger partial charge is 0.246 e. The van der Waals surface area contributed by atoms with E-state index in [0.717, 1.165) is 22.7 Å². The molecule has 122 valence electrons. The number of hydrogen-bond donors (Lipinski definition) is 0. The maximum atomic E-state index is 12.2. The van der Waals surface area contributed by atoms with Crippen molar-refractivity contribution in [2.45, 2.75) is 26.9 Å². The lowest BCUT2D eigenvalue weighted by atomic mass is 10.2. The van der Waals surface area contributed by atoms with Crippen LogP contribution < -0.4 is 4.74 Å². The Kier molecular flexibility index (Phi) is 5.57. The molecule has 0 saturated carbocycles. The van der Waals surface area contributed by atoms with Gasteiger partial charge in [0.15, 0.2) is 0 Å². The maximum absolute atomic E-state index is 12.2. The predicted octanol–water partition coefficient (Wildman–Crippen LogP) is 2.84. The molecule has 1 aromatic heterocycles. The highest BCUT2D eigenvalue weighted by Gasteiger charge is 2.14. The molecule has 5 nitrogen and oxygen atoms in total. The van der Waals surface area contributed by atoms with Crippen molar-refractivity contribution < 1.29 is 9.53 Å². The summed E-state index contributed by atoms with van der Waals surface area (Å²) in [6.07, 6.45) is 1.34. The van der Waals surface area contributed by atoms with Gasteiger partial charge in [0.1, 0.15) is 5.75 Å². The molecule has 0 atom stereocenters. The molecule has 0 spiro atoms. The number of aromatic nitrogens is 2. The van der Waals surface area contributed by atoms with Crippen LogP contribution in [0.2, 0.25) is 0 Å². The van der Waals surface area contributed by atoms with Crippen molar-refractivity contribution in [2.24, 2.45) is 7.05 Å². The van der Waals surface area contributed by atoms with Gasteiger partial charge in [0.25, 0.3) is 0 Å². The quantitative estimate of drug-likeness (QED) is 0.739. The summed E-state index contributed by atoms with van der Waals surface area (Å²) in [5.41, 5.74) is 2.94. The molecule has 0 bridgehead atoms. The highest BCUT2D eigenvalue weighted by molar-refractivity contribution is 5.86. The van der Waals surface area contributed by atoms with Crippen LogP contribution in [0.5, 0.6) is 5.75 Å². The van der Waals surface area contributed by atoms with Gasteiger partial charge in [-0.1, -0.05) is 18.7 Å². The van der Waals surface area contributed by atoms with Gasteiger partial charge in [-0.3, -0.25) is 9.48 Å². The Morgan fingerprint density at radius 1 is 1.39 bits per heavy atom. The molecule has 0 unspecified atom stereocenters. The van der Waals surface area contributed by atoms with Gasteiger partial charge in [-0.15, -0.1) is 0 Å². The predicted molar refractivity (Wildman–Crippen MR) is 90.0 cm³/mol. The summed E-state index contributed by atoms with van der Waals surface area (Å²) in [5, 5.41) is 4.33. The van der Waals surface area contributed by atoms with Crippen molar-refractivity contribution in [3.05, 3.63) is 59.9 Å². The molecule has 2 aromatic rings. The van der Waals surface area contributed by atoms with Crippen LogP contribution in [0.4, 0.5) is 0 Å². The largest absolute Gasteiger partial charge is 0.494 e. The highest BCUT2D eigenvalue weighted by atomic mass is 16.5. The van der Waals surface area contributed by atoms with Crippen molar-refractivity contribution in [1.82, 2.24) is 14.7 Å². The molecule has 2 rings (SSSR count). The third kappa shape index (κ3) is 4.45. The first-order valence-corrected chi connectivity index (χ1v) is 7.66. The van der Waals surface area contributed by atoms with Crippen LogP contribution >= 0.6 is 0 Å². The monoisotopic (exact) mass is 313 g/mol. The molecule has 0 radical (unpaired) electrons. The van der Waals surface area contributed by atoms with E-state index in [1.54, 1.807) is 9.58 Å². The topological polar surface area (TPSA) is 47.4 Å². The average molecular weight is 313 g/mol. The van der Waals surface area contributed by atoms with E-state index in [9.17, 15) is 4.79 Å². The molecule has 0 aliphatic rings. The Balaban J connectivity index is 2.19. The third-order valence-electron chi connectivity index (χ3n) is 3.52. The van der Waals surface area contributed by atoms with Crippen LogP contribution in [0, 0.1) is 6.92 Å². The molecule has 0 N–H and O–H groups in total. The number of ether oxygens (including phenoxy) is 1. The zero-order valence-corrected chi connectivity index (χ0v) is 14.0. The van der Waals surface area contributed by atoms with Gasteiger partial charge in [0.2, 0.25) is 5.91 Å². The fraction of sp³-hybridized carbons (Fsp3) is 0.333. The highest BCUT2D eigenvalue weighted by Crippen LogP contribution is 2.17. The Labute approximate surface area is 137 Å². The van der Waals surface area contributed by atoms with Gasteiger partial charge in [0, 0.05) is 13.6 Å². The van der Waals surface area contributed by atoms with Crippen molar-refractivity contribution in [3.63, 3.8) is 0 Å². The van der Waals surface area contributed by atoms with E-state index in [1.807, 2.05) is 51.2 Å². The summed E-state index contributed by atoms with van der Waals surface area (Å²) in [5.74, 6) is 0.707. The molecule has 1 aromatic carbocycles. The molecule has 23 heavy (non-hydrogen) atoms. The van der Waals surface area contributed by atoms with E-state index in [0.29, 0.717) is 19.7 Å². The van der Waals surface area contributed by atoms with Gasteiger partial charge in [0.05, 0.1) is 24.5 Å². The van der Waals surface area contributed by atoms with E-state index in [2.05, 4.69) is 11.7 Å². The average Bonchev–Trinajstić information content (AvgIpc) is 2.84. The Hall–Kier alpha value is -2.56. The summed E-state index contributed by atoms with van der Waals surface area (Å²) >= 11 is 0. The molecule has 0 aliphatic heterocycles. The van der Waals surface area contributed by atoms with Gasteiger partial charge in [-0.2, -0.15) is 5.10 Å². The molecule has 1 heterocycles. The molecular formula is C18H23N3O2. The normalized spacial score (nSPS) is 10.4. The van der Waals surface area contributed by atoms with Crippen molar-refractivity contribution in [3.8, 4) is 5.75 Å². The number of hydrogen-bond acceptors (Lipinski definition) is 3. The minimum atomic E-state index is -0.106. The molecule has 1 amide bonds. The van der Waals surface area contributed by atoms with Crippen LogP contribution in [0.25, 0.3) is 0 Å². The second-order valence-electron chi connectivity index (χ2n) is 5.38. The first kappa shape index (κ1) is 16.8. The van der Waals surface area contributed by atoms with Crippen molar-refractivity contribution in [2.75, 3.05) is 6.61 Å². The van der Waals surface area contributed by atoms with Gasteiger partial charge in [-0.25, -0.2) is 0 Å². The van der Waals surface area contributed by atoms with E-state index >= 15 is 0 Å². The fourth-order valence-electron chi connectivity index (χ4n) is 2.47. The summed E-state index contributed by atoms with van der Waals surface area (Å²) in [6, 6.07) is 9.78. The van der Waals surface area contributed by atoms with E-state index in [-0.39, 0.29) is 5.91 Å². The Bertz CT molecular complexity index is 691. The standard InChI is InChI=1S/C18H23N3O2/c1-5-18(22)21(13-16-10-14(3)19-20(16)4)12-15-8-7-9-17(11-15)23-6-2/h5,7-11H,1,6,12-13H2,2-4H3. The molecule has 0 fully saturated rings. The minimum absolute atomic E-state index is 0.106. The Morgan fingerprint density at radius 3 is 2.78 bits per heavy atom. The number of benzene rings is 1. The van der Waals surface area contributed by atoms with Gasteiger partial charge in [-0.05, 0) is 43.7 Å². The van der Waals surface area contributed by atoms with Gasteiger partial charge < -0.3 is 9.64 Å². The van der Waals surface area contributed by atoms with Crippen molar-refractivity contribution >= 4 is 5.91 Å². The summed E-state index contributed by atoms with van der Waals surface area (Å²) < 4.78 is 7.32. The fourth-order valence-corrected chi connectivity index (χ4v) is 2.47. The van der Waals surface area contributed by atoms with Crippen LogP contribution in [-0.4, -0.2) is 27.2 Å². The summed E-state index contributed by atoms with van der Waals surface area (Å²) in [6.45, 7) is 9.09. The van der Waals surface area contributed by atoms with Crippen molar-refractivity contribution in [1.29, 1.82) is 0 Å². The van der Waals surface area contributed by atoms with E-state index in [1.165, 1.54) is 6.08 Å². The number of aryl methyl sites for hydroxylation is 2. The van der Waals surface area contributed by atoms with Crippen LogP contribution in [0.15, 0.2) is 43.0 Å². The SMILES string of the molecule is C=CC(=O)N(Cc1cccc(OCC)c1)Cc1cc(C)nn1C. The number of rotatable bonds is 7. The molecule has 5 heteroatoms. The summed E-state index contributed by atoms with van der Waals surface area (Å²) in [7, 11) is 1.88. The summed E-state index contributed by atoms with van der Waals surface area (Å²) in [4.78, 5) is 13.9. The Morgan fingerprint density at radius 2 is 2.17 bits per heavy atom. The van der Waals surface area contributed by atoms with Crippen LogP contribution in [-0.2, 0) is 24.9 Å². The zero-order valence-electron chi connectivity index (χ0n) is 14.0. The lowest BCUT2D eigenvalue weighted by Crippen LogP contribution is -2.29. The van der Waals surface area contributed by atoms with E-state index < -0.39 is 0 Å². The number of nitrogens with zero attached hydrogens (tertiary/aromatic N) is 3. The van der Waals surface area contributed by atoms with Gasteiger partial charge >= 0.3 is 0 Å². The lowest BCUT2D eigenvalue weighted by molar-refractivity contribution is -0.127. The number of amides is 1. The first-order chi connectivity index (χ1) is 11.0. The van der Waals surface area contributed by atoms with Crippen LogP contribution in [0.1, 0.15) is 23.9 Å². The lowest BCUT2D eigenvalue weighted by Gasteiger charge is -2.21. The number of carbonyl (C=O) groups excluding carboxylic acids is 1. The first-order valence-electron chi connectivity index (χ1n) is 7.66. The second kappa shape index (κ2) is 7.63. The molecule has 0 saturated heterocycles. The minimum Gasteiger partial charge on any atom is -0.494 e. The van der Waals surface area contributed by atoms with Crippen LogP contribution in [0.3, 0.4) is 0 Å².